The van der Waals surface area contributed by atoms with Crippen LogP contribution in [-0.4, -0.2) is 64.5 Å². The van der Waals surface area contributed by atoms with Gasteiger partial charge in [0.25, 0.3) is 0 Å². The van der Waals surface area contributed by atoms with Crippen LogP contribution in [-0.2, 0) is 0 Å². The lowest BCUT2D eigenvalue weighted by atomic mass is 10.2. The van der Waals surface area contributed by atoms with Gasteiger partial charge in [-0.25, -0.2) is 9.97 Å². The van der Waals surface area contributed by atoms with Crippen LogP contribution < -0.4 is 10.6 Å². The van der Waals surface area contributed by atoms with Gasteiger partial charge < -0.3 is 10.6 Å². The van der Waals surface area contributed by atoms with Gasteiger partial charge >= 0.3 is 0 Å². The monoisotopic (exact) mass is 949 g/mol. The predicted molar refractivity (Wildman–Crippen MR) is 286 cm³/mol. The van der Waals surface area contributed by atoms with Crippen molar-refractivity contribution in [3.05, 3.63) is 243 Å². The predicted octanol–water partition coefficient (Wildman–Crippen LogP) is 12.2. The zero-order valence-electron chi connectivity index (χ0n) is 41.2. The summed E-state index contributed by atoms with van der Waals surface area (Å²) < 4.78 is 0. The number of nitrogens with one attached hydrogen (secondary N) is 2. The van der Waals surface area contributed by atoms with Crippen molar-refractivity contribution < 1.29 is 0 Å². The maximum absolute atomic E-state index is 3.98. The minimum atomic E-state index is 0.733. The van der Waals surface area contributed by atoms with Crippen molar-refractivity contribution >= 4 is 28.9 Å². The summed E-state index contributed by atoms with van der Waals surface area (Å²) in [5.74, 6) is 0.822. The maximum Gasteiger partial charge on any atom is 0.125 e. The van der Waals surface area contributed by atoms with Gasteiger partial charge in [0.2, 0.25) is 0 Å². The number of hydrogen-bond donors (Lipinski definition) is 2. The molecule has 14 heteroatoms. The Hall–Kier alpha value is -7.42. The lowest BCUT2D eigenvalue weighted by molar-refractivity contribution is 0.869. The van der Waals surface area contributed by atoms with E-state index in [0.29, 0.717) is 0 Å². The zero-order chi connectivity index (χ0) is 49.7. The van der Waals surface area contributed by atoms with Gasteiger partial charge in [-0.05, 0) is 140 Å². The number of pyridine rings is 2. The van der Waals surface area contributed by atoms with E-state index in [4.69, 9.17) is 0 Å². The maximum atomic E-state index is 3.98. The highest BCUT2D eigenvalue weighted by Gasteiger charge is 1.86. The Labute approximate surface area is 413 Å². The molecule has 7 aromatic heterocycles. The quantitative estimate of drug-likeness (QED) is 0.149. The van der Waals surface area contributed by atoms with Crippen molar-refractivity contribution in [1.82, 2.24) is 55.7 Å². The van der Waals surface area contributed by atoms with Crippen molar-refractivity contribution in [2.45, 2.75) is 69.2 Å². The number of aromatic nitrogens is 9. The first-order chi connectivity index (χ1) is 32.9. The summed E-state index contributed by atoms with van der Waals surface area (Å²) in [6, 6.07) is 29.8. The molecule has 2 aliphatic rings. The number of aliphatic imine (C=N–C) groups is 1. The van der Waals surface area contributed by atoms with Crippen LogP contribution in [0.15, 0.2) is 204 Å². The molecule has 2 aliphatic heterocycles. The van der Waals surface area contributed by atoms with E-state index in [1.807, 2.05) is 139 Å². The van der Waals surface area contributed by atoms with Crippen LogP contribution in [0.5, 0.6) is 0 Å². The summed E-state index contributed by atoms with van der Waals surface area (Å²) in [4.78, 5) is 32.6. The molecule has 0 spiro atoms. The molecule has 8 aromatic rings. The van der Waals surface area contributed by atoms with Gasteiger partial charge in [-0.15, -0.1) is 22.7 Å². The number of rotatable bonds is 0. The third-order valence-electron chi connectivity index (χ3n) is 7.63. The molecule has 0 aliphatic carbocycles. The minimum Gasteiger partial charge on any atom is -0.387 e. The third kappa shape index (κ3) is 39.0. The number of thiophene rings is 1. The van der Waals surface area contributed by atoms with Gasteiger partial charge in [0, 0.05) is 96.9 Å². The largest absolute Gasteiger partial charge is 0.387 e. The summed E-state index contributed by atoms with van der Waals surface area (Å²) in [6.07, 6.45) is 27.4. The summed E-state index contributed by atoms with van der Waals surface area (Å²) in [5.41, 5.74) is 8.01. The van der Waals surface area contributed by atoms with Gasteiger partial charge in [0.1, 0.15) is 12.5 Å². The fourth-order valence-electron chi connectivity index (χ4n) is 4.28. The molecule has 12 nitrogen and oxygen atoms in total. The van der Waals surface area contributed by atoms with Gasteiger partial charge in [-0.3, -0.25) is 29.9 Å². The molecule has 0 saturated heterocycles. The van der Waals surface area contributed by atoms with Gasteiger partial charge in [0.15, 0.2) is 0 Å². The molecule has 0 bridgehead atoms. The molecule has 68 heavy (non-hydrogen) atoms. The molecule has 0 fully saturated rings. The molecule has 0 radical (unpaired) electrons. The second kappa shape index (κ2) is 41.0. The first-order valence-corrected chi connectivity index (χ1v) is 23.5. The van der Waals surface area contributed by atoms with Gasteiger partial charge in [-0.2, -0.15) is 10.2 Å². The molecule has 9 heterocycles. The second-order valence-corrected chi connectivity index (χ2v) is 16.5. The summed E-state index contributed by atoms with van der Waals surface area (Å²) in [6.45, 7) is 21.6. The number of benzene rings is 1. The minimum absolute atomic E-state index is 0.733. The second-order valence-electron chi connectivity index (χ2n) is 14.2. The van der Waals surface area contributed by atoms with E-state index in [9.17, 15) is 0 Å². The van der Waals surface area contributed by atoms with E-state index in [-0.39, 0.29) is 0 Å². The molecular weight excluding hydrogens is 881 g/mol. The van der Waals surface area contributed by atoms with Crippen LogP contribution in [0.1, 0.15) is 57.8 Å². The van der Waals surface area contributed by atoms with E-state index >= 15 is 0 Å². The Morgan fingerprint density at radius 3 is 1.41 bits per heavy atom. The summed E-state index contributed by atoms with van der Waals surface area (Å²) >= 11 is 3.44. The highest BCUT2D eigenvalue weighted by Crippen LogP contribution is 2.04. The number of allylic oxidation sites excluding steroid dienone is 3. The molecule has 2 N–H and O–H groups in total. The van der Waals surface area contributed by atoms with Crippen LogP contribution >= 0.6 is 22.7 Å². The third-order valence-corrected chi connectivity index (χ3v) is 9.13. The fourth-order valence-corrected chi connectivity index (χ4v) is 5.25. The first-order valence-electron chi connectivity index (χ1n) is 21.7. The van der Waals surface area contributed by atoms with Crippen LogP contribution in [0.2, 0.25) is 0 Å². The first kappa shape index (κ1) is 58.6. The van der Waals surface area contributed by atoms with E-state index < -0.39 is 0 Å². The van der Waals surface area contributed by atoms with E-state index in [1.165, 1.54) is 27.2 Å². The topological polar surface area (TPSA) is 152 Å². The Morgan fingerprint density at radius 1 is 0.471 bits per heavy atom. The molecule has 1 aromatic carbocycles. The lowest BCUT2D eigenvalue weighted by Crippen LogP contribution is -2.09. The van der Waals surface area contributed by atoms with E-state index in [2.05, 4.69) is 123 Å². The zero-order valence-corrected chi connectivity index (χ0v) is 42.8. The molecule has 356 valence electrons. The Bertz CT molecular complexity index is 2070. The molecule has 0 saturated carbocycles. The van der Waals surface area contributed by atoms with Crippen LogP contribution in [0, 0.1) is 55.4 Å². The average molecular weight is 949 g/mol. The number of hydrogen-bond acceptors (Lipinski definition) is 14. The average Bonchev–Trinajstić information content (AvgIpc) is 4.06. The number of aryl methyl sites for hydroxylation is 8. The highest BCUT2D eigenvalue weighted by atomic mass is 32.1. The van der Waals surface area contributed by atoms with Crippen molar-refractivity contribution in [3.63, 3.8) is 0 Å². The van der Waals surface area contributed by atoms with Crippen LogP contribution in [0.4, 0.5) is 0 Å². The van der Waals surface area contributed by atoms with Gasteiger partial charge in [0.05, 0.1) is 16.4 Å². The Balaban J connectivity index is 0.000000378. The number of dihydropyridines is 1. The van der Waals surface area contributed by atoms with Crippen molar-refractivity contribution in [1.29, 1.82) is 0 Å². The van der Waals surface area contributed by atoms with Gasteiger partial charge in [-0.1, -0.05) is 66.2 Å². The Morgan fingerprint density at radius 2 is 1.15 bits per heavy atom. The SMILES string of the molecule is CC1=CNCC=C1.CC1=CNCN=C1.Cc1ccccc1.Cc1ccccn1.Cc1cccnc1.Cc1cccnn1.Cc1cccs1.Cc1cnccn1.Cc1ncccn1.Cc1nccs1. The fraction of sp³-hybridized carbons (Fsp3) is 0.222. The Kier molecular flexibility index (Phi) is 35.4. The molecule has 0 atom stereocenters. The van der Waals surface area contributed by atoms with Crippen LogP contribution in [0.3, 0.4) is 0 Å². The van der Waals surface area contributed by atoms with Crippen LogP contribution in [0.25, 0.3) is 0 Å². The van der Waals surface area contributed by atoms with E-state index in [0.717, 1.165) is 41.1 Å². The molecule has 0 amide bonds. The smallest absolute Gasteiger partial charge is 0.125 e. The molecular formula is C54H68N12S2. The molecule has 0 unspecified atom stereocenters. The highest BCUT2D eigenvalue weighted by molar-refractivity contribution is 7.09. The normalized spacial score (nSPS) is 10.7. The van der Waals surface area contributed by atoms with Crippen molar-refractivity contribution in [3.8, 4) is 0 Å². The standard InChI is InChI=1S/C7H8.C6H9N.2C6H7N.C5H8N2.3C5H6N2.C5H6S.C4H5NS/c1-7-5-3-2-4-6-7;2*1-6-3-2-4-7-5-6;1-6-4-2-3-5-7-6;1-5-2-6-4-7-3-5;1-5-4-6-2-3-7-5;1-5-6-3-2-4-7-5;1-5-3-2-4-6-7-5;1-5-3-2-4-6-5;1-4-5-2-3-6-4/h2-6H,1H3;2-3,5,7H,4H2,1H3;2*2-5H,1H3;2-3,6H,4H2,1H3;3*2-4H,1H3;2-4H,1H3;2-3H,1H3. The van der Waals surface area contributed by atoms with E-state index in [1.54, 1.807) is 84.5 Å². The van der Waals surface area contributed by atoms with Crippen molar-refractivity contribution in [2.75, 3.05) is 13.2 Å². The lowest BCUT2D eigenvalue weighted by Gasteiger charge is -2.00. The number of thiazole rings is 1. The number of nitrogens with zero attached hydrogens (tertiary/aromatic N) is 10. The summed E-state index contributed by atoms with van der Waals surface area (Å²) in [7, 11) is 0. The van der Waals surface area contributed by atoms with Crippen molar-refractivity contribution in [2.24, 2.45) is 4.99 Å². The molecule has 10 rings (SSSR count). The summed E-state index contributed by atoms with van der Waals surface area (Å²) in [5, 5.41) is 18.6.